The van der Waals surface area contributed by atoms with Gasteiger partial charge in [-0.25, -0.2) is 4.79 Å². The minimum absolute atomic E-state index is 0.0295. The monoisotopic (exact) mass is 336 g/mol. The number of furan rings is 1. The molecule has 134 valence electrons. The predicted molar refractivity (Wildman–Crippen MR) is 89.6 cm³/mol. The fraction of sp³-hybridized carbons (Fsp3) is 0.722. The van der Waals surface area contributed by atoms with Gasteiger partial charge in [-0.1, -0.05) is 12.8 Å². The minimum atomic E-state index is -0.667. The number of methoxy groups -OCH3 is 1. The van der Waals surface area contributed by atoms with Crippen LogP contribution in [0.1, 0.15) is 56.8 Å². The standard InChI is InChI=1S/C18H28N2O4/c1-23-16-8-3-2-7-14(16)19-18(22)20-10-4-6-13(20)12-15(21)17-9-5-11-24-17/h5,9,11,13-16,21H,2-4,6-8,10,12H2,1H3,(H,19,22). The van der Waals surface area contributed by atoms with Gasteiger partial charge in [0.15, 0.2) is 0 Å². The van der Waals surface area contributed by atoms with Gasteiger partial charge in [0.25, 0.3) is 0 Å². The molecule has 2 N–H and O–H groups in total. The summed E-state index contributed by atoms with van der Waals surface area (Å²) in [5.74, 6) is 0.564. The van der Waals surface area contributed by atoms with Crippen molar-refractivity contribution in [3.05, 3.63) is 24.2 Å². The van der Waals surface area contributed by atoms with Crippen LogP contribution in [0.2, 0.25) is 0 Å². The average Bonchev–Trinajstić information content (AvgIpc) is 3.27. The topological polar surface area (TPSA) is 74.9 Å². The molecule has 2 amide bonds. The van der Waals surface area contributed by atoms with Crippen LogP contribution in [0.5, 0.6) is 0 Å². The van der Waals surface area contributed by atoms with Gasteiger partial charge in [0, 0.05) is 26.1 Å². The molecule has 1 aliphatic carbocycles. The van der Waals surface area contributed by atoms with Crippen LogP contribution in [0, 0.1) is 0 Å². The van der Waals surface area contributed by atoms with E-state index in [2.05, 4.69) is 5.32 Å². The Morgan fingerprint density at radius 3 is 3.00 bits per heavy atom. The van der Waals surface area contributed by atoms with Crippen LogP contribution in [0.25, 0.3) is 0 Å². The quantitative estimate of drug-likeness (QED) is 0.867. The van der Waals surface area contributed by atoms with Crippen molar-refractivity contribution in [2.45, 2.75) is 69.2 Å². The molecule has 1 aliphatic heterocycles. The molecule has 2 fully saturated rings. The van der Waals surface area contributed by atoms with Gasteiger partial charge in [0.1, 0.15) is 11.9 Å². The van der Waals surface area contributed by atoms with E-state index in [1.54, 1.807) is 25.5 Å². The maximum Gasteiger partial charge on any atom is 0.317 e. The lowest BCUT2D eigenvalue weighted by atomic mass is 9.92. The van der Waals surface area contributed by atoms with E-state index in [4.69, 9.17) is 9.15 Å². The number of hydrogen-bond acceptors (Lipinski definition) is 4. The van der Waals surface area contributed by atoms with Crippen molar-refractivity contribution < 1.29 is 19.1 Å². The van der Waals surface area contributed by atoms with Gasteiger partial charge in [-0.3, -0.25) is 0 Å². The maximum atomic E-state index is 12.7. The first-order chi connectivity index (χ1) is 11.7. The van der Waals surface area contributed by atoms with Crippen molar-refractivity contribution in [1.29, 1.82) is 0 Å². The van der Waals surface area contributed by atoms with Gasteiger partial charge in [-0.05, 0) is 37.8 Å². The number of aliphatic hydroxyl groups is 1. The molecule has 6 nitrogen and oxygen atoms in total. The molecule has 6 heteroatoms. The number of carbonyl (C=O) groups excluding carboxylic acids is 1. The van der Waals surface area contributed by atoms with Crippen molar-refractivity contribution in [3.8, 4) is 0 Å². The molecule has 1 saturated heterocycles. The summed E-state index contributed by atoms with van der Waals surface area (Å²) >= 11 is 0. The van der Waals surface area contributed by atoms with Crippen molar-refractivity contribution in [3.63, 3.8) is 0 Å². The molecular formula is C18H28N2O4. The van der Waals surface area contributed by atoms with Gasteiger partial charge in [-0.2, -0.15) is 0 Å². The Morgan fingerprint density at radius 1 is 1.42 bits per heavy atom. The van der Waals surface area contributed by atoms with E-state index >= 15 is 0 Å². The number of rotatable bonds is 5. The van der Waals surface area contributed by atoms with Crippen molar-refractivity contribution in [2.75, 3.05) is 13.7 Å². The molecule has 1 saturated carbocycles. The number of nitrogens with one attached hydrogen (secondary N) is 1. The molecule has 1 aromatic heterocycles. The van der Waals surface area contributed by atoms with Gasteiger partial charge in [0.2, 0.25) is 0 Å². The largest absolute Gasteiger partial charge is 0.467 e. The maximum absolute atomic E-state index is 12.7. The highest BCUT2D eigenvalue weighted by atomic mass is 16.5. The Bertz CT molecular complexity index is 519. The van der Waals surface area contributed by atoms with E-state index in [1.807, 2.05) is 4.90 Å². The number of hydrogen-bond donors (Lipinski definition) is 2. The van der Waals surface area contributed by atoms with Crippen LogP contribution in [0.3, 0.4) is 0 Å². The minimum Gasteiger partial charge on any atom is -0.467 e. The molecule has 1 aromatic rings. The zero-order valence-corrected chi connectivity index (χ0v) is 14.3. The van der Waals surface area contributed by atoms with Crippen LogP contribution >= 0.6 is 0 Å². The van der Waals surface area contributed by atoms with E-state index < -0.39 is 6.10 Å². The molecule has 0 bridgehead atoms. The second-order valence-corrected chi connectivity index (χ2v) is 6.87. The fourth-order valence-corrected chi connectivity index (χ4v) is 3.99. The van der Waals surface area contributed by atoms with Gasteiger partial charge in [0.05, 0.1) is 18.4 Å². The van der Waals surface area contributed by atoms with E-state index in [0.717, 1.165) is 45.1 Å². The van der Waals surface area contributed by atoms with Crippen molar-refractivity contribution in [2.24, 2.45) is 0 Å². The molecule has 2 heterocycles. The Labute approximate surface area is 143 Å². The first-order valence-electron chi connectivity index (χ1n) is 9.00. The second kappa shape index (κ2) is 8.03. The number of nitrogens with zero attached hydrogens (tertiary/aromatic N) is 1. The van der Waals surface area contributed by atoms with Crippen LogP contribution in [0.15, 0.2) is 22.8 Å². The third-order valence-electron chi connectivity index (χ3n) is 5.32. The summed E-state index contributed by atoms with van der Waals surface area (Å²) in [7, 11) is 1.72. The highest BCUT2D eigenvalue weighted by molar-refractivity contribution is 5.75. The molecule has 4 unspecified atom stereocenters. The van der Waals surface area contributed by atoms with E-state index in [0.29, 0.717) is 12.2 Å². The van der Waals surface area contributed by atoms with E-state index in [-0.39, 0.29) is 24.2 Å². The first-order valence-corrected chi connectivity index (χ1v) is 9.00. The predicted octanol–water partition coefficient (Wildman–Crippen LogP) is 2.83. The first kappa shape index (κ1) is 17.3. The average molecular weight is 336 g/mol. The lowest BCUT2D eigenvalue weighted by molar-refractivity contribution is 0.0419. The number of likely N-dealkylation sites (tertiary alicyclic amines) is 1. The van der Waals surface area contributed by atoms with E-state index in [1.165, 1.54) is 0 Å². The van der Waals surface area contributed by atoms with Crippen LogP contribution < -0.4 is 5.32 Å². The van der Waals surface area contributed by atoms with Gasteiger partial charge >= 0.3 is 6.03 Å². The normalized spacial score (nSPS) is 28.8. The number of ether oxygens (including phenoxy) is 1. The van der Waals surface area contributed by atoms with E-state index in [9.17, 15) is 9.90 Å². The molecule has 2 aliphatic rings. The lowest BCUT2D eigenvalue weighted by Gasteiger charge is -2.34. The summed E-state index contributed by atoms with van der Waals surface area (Å²) in [4.78, 5) is 14.6. The number of amides is 2. The summed E-state index contributed by atoms with van der Waals surface area (Å²) in [6.45, 7) is 0.742. The number of urea groups is 1. The molecule has 0 spiro atoms. The van der Waals surface area contributed by atoms with Gasteiger partial charge in [-0.15, -0.1) is 0 Å². The van der Waals surface area contributed by atoms with Crippen LogP contribution in [-0.4, -0.2) is 47.9 Å². The third-order valence-corrected chi connectivity index (χ3v) is 5.32. The Balaban J connectivity index is 1.57. The Morgan fingerprint density at radius 2 is 2.25 bits per heavy atom. The second-order valence-electron chi connectivity index (χ2n) is 6.87. The lowest BCUT2D eigenvalue weighted by Crippen LogP contribution is -2.52. The third kappa shape index (κ3) is 3.92. The number of carbonyl (C=O) groups is 1. The zero-order chi connectivity index (χ0) is 16.9. The molecular weight excluding hydrogens is 308 g/mol. The fourth-order valence-electron chi connectivity index (χ4n) is 3.99. The number of aliphatic hydroxyl groups excluding tert-OH is 1. The molecule has 24 heavy (non-hydrogen) atoms. The Kier molecular flexibility index (Phi) is 5.79. The highest BCUT2D eigenvalue weighted by Gasteiger charge is 2.34. The summed E-state index contributed by atoms with van der Waals surface area (Å²) in [6.07, 6.45) is 7.67. The molecule has 0 aromatic carbocycles. The SMILES string of the molecule is COC1CCCCC1NC(=O)N1CCCC1CC(O)c1ccco1. The molecule has 0 radical (unpaired) electrons. The summed E-state index contributed by atoms with van der Waals surface area (Å²) in [6, 6.07) is 3.65. The summed E-state index contributed by atoms with van der Waals surface area (Å²) in [5.41, 5.74) is 0. The zero-order valence-electron chi connectivity index (χ0n) is 14.3. The smallest absolute Gasteiger partial charge is 0.317 e. The van der Waals surface area contributed by atoms with Crippen LogP contribution in [0.4, 0.5) is 4.79 Å². The van der Waals surface area contributed by atoms with Crippen LogP contribution in [-0.2, 0) is 4.74 Å². The highest BCUT2D eigenvalue weighted by Crippen LogP contribution is 2.28. The summed E-state index contributed by atoms with van der Waals surface area (Å²) < 4.78 is 10.8. The Hall–Kier alpha value is -1.53. The van der Waals surface area contributed by atoms with Crippen molar-refractivity contribution >= 4 is 6.03 Å². The molecule has 4 atom stereocenters. The van der Waals surface area contributed by atoms with Crippen molar-refractivity contribution in [1.82, 2.24) is 10.2 Å². The van der Waals surface area contributed by atoms with Gasteiger partial charge < -0.3 is 24.5 Å². The molecule has 3 rings (SSSR count). The summed E-state index contributed by atoms with van der Waals surface area (Å²) in [5, 5.41) is 13.5.